The summed E-state index contributed by atoms with van der Waals surface area (Å²) < 4.78 is 13.7. The maximum absolute atomic E-state index is 13.7. The fourth-order valence-corrected chi connectivity index (χ4v) is 1.54. The number of anilines is 1. The van der Waals surface area contributed by atoms with Crippen molar-refractivity contribution in [2.24, 2.45) is 0 Å². The van der Waals surface area contributed by atoms with Crippen LogP contribution in [0.15, 0.2) is 36.5 Å². The third-order valence-electron chi connectivity index (χ3n) is 2.57. The van der Waals surface area contributed by atoms with Gasteiger partial charge in [-0.2, -0.15) is 5.26 Å². The Kier molecular flexibility index (Phi) is 3.53. The Hall–Kier alpha value is -2.74. The van der Waals surface area contributed by atoms with Crippen molar-refractivity contribution in [3.63, 3.8) is 0 Å². The molecule has 0 bridgehead atoms. The van der Waals surface area contributed by atoms with Crippen LogP contribution in [0, 0.1) is 24.1 Å². The largest absolute Gasteiger partial charge is 0.306 e. The third kappa shape index (κ3) is 2.75. The SMILES string of the molecule is Cc1cccc(C(=O)Nc2ccc(C#N)cn2)c1F. The van der Waals surface area contributed by atoms with E-state index in [0.717, 1.165) is 0 Å². The second-order valence-corrected chi connectivity index (χ2v) is 3.93. The summed E-state index contributed by atoms with van der Waals surface area (Å²) >= 11 is 0. The number of carbonyl (C=O) groups is 1. The van der Waals surface area contributed by atoms with Gasteiger partial charge in [0.2, 0.25) is 0 Å². The summed E-state index contributed by atoms with van der Waals surface area (Å²) in [5.74, 6) is -0.850. The zero-order valence-electron chi connectivity index (χ0n) is 10.1. The van der Waals surface area contributed by atoms with Crippen molar-refractivity contribution < 1.29 is 9.18 Å². The number of nitrogens with zero attached hydrogens (tertiary/aromatic N) is 2. The number of carbonyl (C=O) groups excluding carboxylic acids is 1. The first-order chi connectivity index (χ1) is 9.11. The molecule has 1 N–H and O–H groups in total. The summed E-state index contributed by atoms with van der Waals surface area (Å²) in [5.41, 5.74) is 0.756. The lowest BCUT2D eigenvalue weighted by molar-refractivity contribution is 0.102. The highest BCUT2D eigenvalue weighted by Crippen LogP contribution is 2.14. The van der Waals surface area contributed by atoms with E-state index in [1.54, 1.807) is 19.1 Å². The minimum Gasteiger partial charge on any atom is -0.306 e. The molecule has 2 aromatic rings. The Morgan fingerprint density at radius 1 is 1.37 bits per heavy atom. The predicted molar refractivity (Wildman–Crippen MR) is 68.0 cm³/mol. The molecule has 2 rings (SSSR count). The van der Waals surface area contributed by atoms with Gasteiger partial charge < -0.3 is 5.32 Å². The first kappa shape index (κ1) is 12.7. The highest BCUT2D eigenvalue weighted by Gasteiger charge is 2.13. The Morgan fingerprint density at radius 3 is 2.79 bits per heavy atom. The van der Waals surface area contributed by atoms with Crippen molar-refractivity contribution >= 4 is 11.7 Å². The fraction of sp³-hybridized carbons (Fsp3) is 0.0714. The van der Waals surface area contributed by atoms with Crippen molar-refractivity contribution in [3.05, 3.63) is 59.0 Å². The summed E-state index contributed by atoms with van der Waals surface area (Å²) in [6.45, 7) is 1.59. The van der Waals surface area contributed by atoms with Crippen LogP contribution in [0.1, 0.15) is 21.5 Å². The maximum Gasteiger partial charge on any atom is 0.259 e. The molecular weight excluding hydrogens is 245 g/mol. The lowest BCUT2D eigenvalue weighted by Crippen LogP contribution is -2.15. The maximum atomic E-state index is 13.7. The van der Waals surface area contributed by atoms with Gasteiger partial charge in [-0.1, -0.05) is 12.1 Å². The highest BCUT2D eigenvalue weighted by molar-refractivity contribution is 6.04. The number of aromatic nitrogens is 1. The first-order valence-electron chi connectivity index (χ1n) is 5.54. The molecule has 0 fully saturated rings. The Bertz CT molecular complexity index is 659. The van der Waals surface area contributed by atoms with Gasteiger partial charge >= 0.3 is 0 Å². The minimum atomic E-state index is -0.571. The van der Waals surface area contributed by atoms with Crippen molar-refractivity contribution in [1.82, 2.24) is 4.98 Å². The molecule has 1 heterocycles. The molecule has 0 spiro atoms. The standard InChI is InChI=1S/C14H10FN3O/c1-9-3-2-4-11(13(9)15)14(19)18-12-6-5-10(7-16)8-17-12/h2-6,8H,1H3,(H,17,18,19). The normalized spacial score (nSPS) is 9.74. The van der Waals surface area contributed by atoms with Gasteiger partial charge in [-0.3, -0.25) is 4.79 Å². The van der Waals surface area contributed by atoms with E-state index in [4.69, 9.17) is 5.26 Å². The van der Waals surface area contributed by atoms with E-state index in [-0.39, 0.29) is 11.4 Å². The second kappa shape index (κ2) is 5.27. The van der Waals surface area contributed by atoms with E-state index in [0.29, 0.717) is 11.1 Å². The molecule has 0 radical (unpaired) electrons. The summed E-state index contributed by atoms with van der Waals surface area (Å²) in [4.78, 5) is 15.8. The molecule has 0 saturated heterocycles. The molecule has 1 aromatic carbocycles. The Labute approximate surface area is 109 Å². The van der Waals surface area contributed by atoms with Gasteiger partial charge in [0.15, 0.2) is 0 Å². The number of aryl methyl sites for hydroxylation is 1. The lowest BCUT2D eigenvalue weighted by atomic mass is 10.1. The van der Waals surface area contributed by atoms with Gasteiger partial charge in [-0.25, -0.2) is 9.37 Å². The van der Waals surface area contributed by atoms with E-state index < -0.39 is 11.7 Å². The molecule has 5 heteroatoms. The van der Waals surface area contributed by atoms with Crippen LogP contribution in [0.5, 0.6) is 0 Å². The van der Waals surface area contributed by atoms with Gasteiger partial charge in [0.1, 0.15) is 17.7 Å². The van der Waals surface area contributed by atoms with Crippen molar-refractivity contribution in [1.29, 1.82) is 5.26 Å². The van der Waals surface area contributed by atoms with Crippen LogP contribution < -0.4 is 5.32 Å². The molecule has 0 saturated carbocycles. The van der Waals surface area contributed by atoms with Gasteiger partial charge in [-0.05, 0) is 30.7 Å². The number of halogens is 1. The quantitative estimate of drug-likeness (QED) is 0.897. The molecule has 1 aromatic heterocycles. The molecule has 0 unspecified atom stereocenters. The van der Waals surface area contributed by atoms with Gasteiger partial charge in [0.05, 0.1) is 11.1 Å². The smallest absolute Gasteiger partial charge is 0.259 e. The first-order valence-corrected chi connectivity index (χ1v) is 5.54. The molecule has 1 amide bonds. The van der Waals surface area contributed by atoms with Crippen LogP contribution in [-0.4, -0.2) is 10.9 Å². The molecule has 0 aliphatic heterocycles. The van der Waals surface area contributed by atoms with Crippen LogP contribution in [0.25, 0.3) is 0 Å². The number of pyridine rings is 1. The van der Waals surface area contributed by atoms with E-state index >= 15 is 0 Å². The van der Waals surface area contributed by atoms with Crippen LogP contribution >= 0.6 is 0 Å². The van der Waals surface area contributed by atoms with E-state index in [9.17, 15) is 9.18 Å². The zero-order chi connectivity index (χ0) is 13.8. The minimum absolute atomic E-state index is 0.0360. The second-order valence-electron chi connectivity index (χ2n) is 3.93. The Balaban J connectivity index is 2.21. The number of nitriles is 1. The number of hydrogen-bond acceptors (Lipinski definition) is 3. The van der Waals surface area contributed by atoms with Gasteiger partial charge in [-0.15, -0.1) is 0 Å². The van der Waals surface area contributed by atoms with Crippen LogP contribution in [0.3, 0.4) is 0 Å². The molecule has 19 heavy (non-hydrogen) atoms. The fourth-order valence-electron chi connectivity index (χ4n) is 1.54. The number of amides is 1. The average molecular weight is 255 g/mol. The summed E-state index contributed by atoms with van der Waals surface area (Å²) in [6.07, 6.45) is 1.34. The molecular formula is C14H10FN3O. The summed E-state index contributed by atoms with van der Waals surface area (Å²) in [6, 6.07) is 9.54. The number of nitrogens with one attached hydrogen (secondary N) is 1. The van der Waals surface area contributed by atoms with Crippen molar-refractivity contribution in [3.8, 4) is 6.07 Å². The molecule has 0 aliphatic rings. The van der Waals surface area contributed by atoms with Crippen molar-refractivity contribution in [2.75, 3.05) is 5.32 Å². The summed E-state index contributed by atoms with van der Waals surface area (Å²) in [5, 5.41) is 11.1. The molecule has 94 valence electrons. The van der Waals surface area contributed by atoms with E-state index in [1.807, 2.05) is 6.07 Å². The van der Waals surface area contributed by atoms with Gasteiger partial charge in [0.25, 0.3) is 5.91 Å². The van der Waals surface area contributed by atoms with Crippen molar-refractivity contribution in [2.45, 2.75) is 6.92 Å². The highest BCUT2D eigenvalue weighted by atomic mass is 19.1. The summed E-state index contributed by atoms with van der Waals surface area (Å²) in [7, 11) is 0. The molecule has 4 nitrogen and oxygen atoms in total. The topological polar surface area (TPSA) is 65.8 Å². The number of hydrogen-bond donors (Lipinski definition) is 1. The zero-order valence-corrected chi connectivity index (χ0v) is 10.1. The average Bonchev–Trinajstić information content (AvgIpc) is 2.42. The van der Waals surface area contributed by atoms with Crippen LogP contribution in [0.2, 0.25) is 0 Å². The predicted octanol–water partition coefficient (Wildman–Crippen LogP) is 2.65. The Morgan fingerprint density at radius 2 is 2.16 bits per heavy atom. The molecule has 0 aliphatic carbocycles. The van der Waals surface area contributed by atoms with E-state index in [1.165, 1.54) is 24.4 Å². The molecule has 0 atom stereocenters. The monoisotopic (exact) mass is 255 g/mol. The van der Waals surface area contributed by atoms with Crippen LogP contribution in [-0.2, 0) is 0 Å². The number of rotatable bonds is 2. The lowest BCUT2D eigenvalue weighted by Gasteiger charge is -2.06. The third-order valence-corrected chi connectivity index (χ3v) is 2.57. The van der Waals surface area contributed by atoms with Gasteiger partial charge in [0, 0.05) is 6.20 Å². The number of benzene rings is 1. The van der Waals surface area contributed by atoms with E-state index in [2.05, 4.69) is 10.3 Å². The van der Waals surface area contributed by atoms with Crippen LogP contribution in [0.4, 0.5) is 10.2 Å².